The van der Waals surface area contributed by atoms with E-state index >= 15 is 0 Å². The van der Waals surface area contributed by atoms with Crippen LogP contribution in [0.4, 0.5) is 0 Å². The lowest BCUT2D eigenvalue weighted by molar-refractivity contribution is -0.150. The third-order valence-corrected chi connectivity index (χ3v) is 16.8. The van der Waals surface area contributed by atoms with Crippen LogP contribution in [0, 0.1) is 41.4 Å². The van der Waals surface area contributed by atoms with E-state index in [2.05, 4.69) is 34.6 Å². The van der Waals surface area contributed by atoms with Gasteiger partial charge in [0.15, 0.2) is 0 Å². The van der Waals surface area contributed by atoms with Crippen molar-refractivity contribution in [3.63, 3.8) is 0 Å². The summed E-state index contributed by atoms with van der Waals surface area (Å²) in [6.45, 7) is 25.6. The van der Waals surface area contributed by atoms with Crippen molar-refractivity contribution in [2.75, 3.05) is 86.8 Å². The maximum Gasteiger partial charge on any atom is 0.311 e. The Hall–Kier alpha value is -5.10. The summed E-state index contributed by atoms with van der Waals surface area (Å²) in [6, 6.07) is -0.0154. The molecule has 19 heteroatoms. The number of amides is 5. The normalized spacial score (nSPS) is 22.5. The average Bonchev–Trinajstić information content (AvgIpc) is 4.21. The second kappa shape index (κ2) is 45.2. The van der Waals surface area contributed by atoms with Crippen LogP contribution in [-0.2, 0) is 66.9 Å². The number of hydrogen-bond donors (Lipinski definition) is 0. The highest BCUT2D eigenvalue weighted by Gasteiger charge is 2.44. The molecule has 490 valence electrons. The molecule has 5 rings (SSSR count). The minimum absolute atomic E-state index is 0.0154. The molecule has 0 aromatic rings. The molecule has 5 aliphatic heterocycles. The van der Waals surface area contributed by atoms with Crippen molar-refractivity contribution >= 4 is 59.2 Å². The van der Waals surface area contributed by atoms with Gasteiger partial charge >= 0.3 is 23.9 Å². The smallest absolute Gasteiger partial charge is 0.311 e. The van der Waals surface area contributed by atoms with Gasteiger partial charge < -0.3 is 43.4 Å². The summed E-state index contributed by atoms with van der Waals surface area (Å²) in [7, 11) is 5.14. The molecule has 5 heterocycles. The van der Waals surface area contributed by atoms with Gasteiger partial charge in [-0.25, -0.2) is 0 Å². The highest BCUT2D eigenvalue weighted by Crippen LogP contribution is 2.32. The van der Waals surface area contributed by atoms with Crippen molar-refractivity contribution in [3.8, 4) is 0 Å². The molecule has 0 spiro atoms. The first-order valence-corrected chi connectivity index (χ1v) is 33.1. The minimum atomic E-state index is -0.280. The van der Waals surface area contributed by atoms with E-state index in [1.807, 2.05) is 23.6 Å². The number of hydrogen-bond acceptors (Lipinski definition) is 14. The first-order valence-electron chi connectivity index (χ1n) is 33.1. The lowest BCUT2D eigenvalue weighted by Crippen LogP contribution is -2.36. The number of rotatable bonds is 33. The Kier molecular flexibility index (Phi) is 41.4. The van der Waals surface area contributed by atoms with E-state index in [0.29, 0.717) is 84.1 Å². The van der Waals surface area contributed by atoms with Crippen LogP contribution in [-0.4, -0.2) is 177 Å². The monoisotopic (exact) mass is 1200 g/mol. The molecule has 0 aliphatic carbocycles. The largest absolute Gasteiger partial charge is 0.466 e. The van der Waals surface area contributed by atoms with E-state index in [-0.39, 0.29) is 101 Å². The molecule has 0 aromatic heterocycles. The number of ether oxygens (including phenoxy) is 4. The fourth-order valence-corrected chi connectivity index (χ4v) is 11.1. The summed E-state index contributed by atoms with van der Waals surface area (Å²) in [6.07, 6.45) is 25.0. The van der Waals surface area contributed by atoms with Crippen LogP contribution < -0.4 is 0 Å². The van der Waals surface area contributed by atoms with E-state index < -0.39 is 0 Å². The van der Waals surface area contributed by atoms with Crippen LogP contribution in [0.1, 0.15) is 230 Å². The lowest BCUT2D eigenvalue weighted by Gasteiger charge is -2.23. The molecule has 0 aromatic carbocycles. The molecule has 19 nitrogen and oxygen atoms in total. The maximum absolute atomic E-state index is 12.7. The fourth-order valence-electron chi connectivity index (χ4n) is 11.1. The van der Waals surface area contributed by atoms with Crippen LogP contribution in [0.2, 0.25) is 0 Å². The van der Waals surface area contributed by atoms with E-state index in [4.69, 9.17) is 18.9 Å². The number of carbonyl (C=O) groups excluding carboxylic acids is 10. The molecule has 8 unspecified atom stereocenters. The molecule has 5 aliphatic rings. The maximum atomic E-state index is 12.7. The van der Waals surface area contributed by atoms with Crippen molar-refractivity contribution in [3.05, 3.63) is 0 Å². The van der Waals surface area contributed by atoms with Gasteiger partial charge in [-0.05, 0) is 59.3 Å². The van der Waals surface area contributed by atoms with Crippen LogP contribution >= 0.6 is 0 Å². The van der Waals surface area contributed by atoms with Gasteiger partial charge in [0.2, 0.25) is 29.5 Å². The molecule has 8 atom stereocenters. The zero-order valence-electron chi connectivity index (χ0n) is 55.3. The Morgan fingerprint density at radius 1 is 0.424 bits per heavy atom. The third kappa shape index (κ3) is 29.0. The van der Waals surface area contributed by atoms with Crippen LogP contribution in [0.15, 0.2) is 0 Å². The number of likely N-dealkylation sites (tertiary alicyclic amines) is 5. The zero-order chi connectivity index (χ0) is 63.9. The molecule has 0 N–H and O–H groups in total. The van der Waals surface area contributed by atoms with Gasteiger partial charge in [-0.3, -0.25) is 47.9 Å². The van der Waals surface area contributed by atoms with E-state index in [0.717, 1.165) is 103 Å². The predicted molar refractivity (Wildman–Crippen MR) is 330 cm³/mol. The number of carbonyl (C=O) groups is 10. The fraction of sp³-hybridized carbons (Fsp3) is 0.848. The minimum Gasteiger partial charge on any atom is -0.466 e. The average molecular weight is 1200 g/mol. The van der Waals surface area contributed by atoms with Crippen molar-refractivity contribution in [2.24, 2.45) is 41.4 Å². The first kappa shape index (κ1) is 77.9. The van der Waals surface area contributed by atoms with Gasteiger partial charge in [0, 0.05) is 104 Å². The SMILES string of the molecule is CCCCCCCCCC(=O)C1CN(CCCC)C(=O)C1CCCC.CCCCCCOC(=O)C1CC(=O)N(C)C1.CCCCCN1C(=O)CC(C(=O)OCC)C1C.CCCCOC(=O)C1CC(=O)N(C)C1.CCOC(=O)C1CN(C)C(=O)C1C. The molecule has 5 fully saturated rings. The van der Waals surface area contributed by atoms with Gasteiger partial charge in [-0.2, -0.15) is 0 Å². The van der Waals surface area contributed by atoms with E-state index in [1.165, 1.54) is 44.9 Å². The number of nitrogens with zero attached hydrogens (tertiary/aromatic N) is 5. The Bertz CT molecular complexity index is 2000. The second-order valence-corrected chi connectivity index (χ2v) is 23.9. The number of Topliss-reactive ketones (excluding diaryl/α,β-unsaturated/α-hetero) is 1. The topological polar surface area (TPSA) is 224 Å². The molecule has 5 amide bonds. The number of unbranched alkanes of at least 4 members (excludes halogenated alkanes) is 14. The molecule has 85 heavy (non-hydrogen) atoms. The van der Waals surface area contributed by atoms with Gasteiger partial charge in [-0.15, -0.1) is 0 Å². The molecule has 0 radical (unpaired) electrons. The number of ketones is 1. The molecule has 0 saturated carbocycles. The first-order chi connectivity index (χ1) is 40.6. The second-order valence-electron chi connectivity index (χ2n) is 23.9. The zero-order valence-corrected chi connectivity index (χ0v) is 55.3. The summed E-state index contributed by atoms with van der Waals surface area (Å²) in [5.74, 6) is -1.49. The predicted octanol–water partition coefficient (Wildman–Crippen LogP) is 10.4. The summed E-state index contributed by atoms with van der Waals surface area (Å²) in [4.78, 5) is 125. The summed E-state index contributed by atoms with van der Waals surface area (Å²) < 4.78 is 20.1. The Morgan fingerprint density at radius 2 is 0.894 bits per heavy atom. The lowest BCUT2D eigenvalue weighted by atomic mass is 9.85. The van der Waals surface area contributed by atoms with Crippen molar-refractivity contribution in [2.45, 2.75) is 236 Å². The standard InChI is InChI=1S/C22H41NO2.C13H23NO3.C12H21NO3.C10H17NO3.C9H15NO3/c1-4-7-10-11-12-13-14-16-21(24)20-18-23(17-9-6-3)22(25)19(20)15-8-5-2;1-4-6-7-8-14-10(3)11(9-12(14)15)13(16)17-5-2;1-3-4-5-6-7-16-12(15)10-8-11(14)13(2)9-10;1-3-4-5-14-10(13)8-6-9(12)11(2)7-8;1-4-13-9(12)7-5-10(3)8(11)6(7)2/h19-20H,4-18H2,1-3H3;10-11H,4-9H2,1-3H3;10H,3-9H2,1-2H3;8H,3-7H2,1-2H3;6-7H,4-5H2,1-3H3. The quantitative estimate of drug-likeness (QED) is 0.0339. The van der Waals surface area contributed by atoms with Gasteiger partial charge in [0.05, 0.1) is 56.0 Å². The number of esters is 4. The van der Waals surface area contributed by atoms with Crippen LogP contribution in [0.3, 0.4) is 0 Å². The van der Waals surface area contributed by atoms with E-state index in [9.17, 15) is 47.9 Å². The summed E-state index contributed by atoms with van der Waals surface area (Å²) >= 11 is 0. The molecular weight excluding hydrogens is 1090 g/mol. The Labute approximate surface area is 512 Å². The van der Waals surface area contributed by atoms with Crippen molar-refractivity contribution in [1.29, 1.82) is 0 Å². The Morgan fingerprint density at radius 3 is 1.36 bits per heavy atom. The molecular formula is C66H117N5O14. The molecule has 0 bridgehead atoms. The highest BCUT2D eigenvalue weighted by molar-refractivity contribution is 5.92. The Balaban J connectivity index is 0.000000542. The van der Waals surface area contributed by atoms with Crippen LogP contribution in [0.25, 0.3) is 0 Å². The van der Waals surface area contributed by atoms with Crippen molar-refractivity contribution < 1.29 is 66.9 Å². The third-order valence-electron chi connectivity index (χ3n) is 16.8. The van der Waals surface area contributed by atoms with E-state index in [1.54, 1.807) is 56.6 Å². The summed E-state index contributed by atoms with van der Waals surface area (Å²) in [5, 5.41) is 0. The van der Waals surface area contributed by atoms with Gasteiger partial charge in [-0.1, -0.05) is 145 Å². The molecule has 5 saturated heterocycles. The van der Waals surface area contributed by atoms with Crippen LogP contribution in [0.5, 0.6) is 0 Å². The summed E-state index contributed by atoms with van der Waals surface area (Å²) in [5.41, 5.74) is 0. The highest BCUT2D eigenvalue weighted by atomic mass is 16.5. The van der Waals surface area contributed by atoms with Gasteiger partial charge in [0.1, 0.15) is 5.78 Å². The van der Waals surface area contributed by atoms with Crippen molar-refractivity contribution in [1.82, 2.24) is 24.5 Å². The van der Waals surface area contributed by atoms with Gasteiger partial charge in [0.25, 0.3) is 0 Å².